The first-order chi connectivity index (χ1) is 4.34. The molecular formula is C4H7N3O2. The molecule has 0 atom stereocenters. The fourth-order valence-electron chi connectivity index (χ4n) is 0.516. The SMILES string of the molecule is NCCc1no[nH]c1=O. The highest BCUT2D eigenvalue weighted by molar-refractivity contribution is 4.90. The quantitative estimate of drug-likeness (QED) is 0.528. The van der Waals surface area contributed by atoms with Crippen LogP contribution < -0.4 is 11.3 Å². The number of H-pyrrole nitrogens is 1. The molecule has 0 aliphatic heterocycles. The van der Waals surface area contributed by atoms with Gasteiger partial charge in [0.1, 0.15) is 0 Å². The van der Waals surface area contributed by atoms with Crippen LogP contribution in [-0.2, 0) is 6.42 Å². The highest BCUT2D eigenvalue weighted by Crippen LogP contribution is 1.80. The number of aromatic amines is 1. The van der Waals surface area contributed by atoms with Gasteiger partial charge in [-0.15, -0.1) is 0 Å². The lowest BCUT2D eigenvalue weighted by Gasteiger charge is -1.81. The molecule has 0 saturated heterocycles. The van der Waals surface area contributed by atoms with E-state index in [1.165, 1.54) is 0 Å². The summed E-state index contributed by atoms with van der Waals surface area (Å²) in [6.45, 7) is 0.412. The van der Waals surface area contributed by atoms with Crippen LogP contribution in [0.15, 0.2) is 9.42 Å². The van der Waals surface area contributed by atoms with Crippen molar-refractivity contribution in [1.29, 1.82) is 0 Å². The Labute approximate surface area is 50.8 Å². The van der Waals surface area contributed by atoms with Crippen LogP contribution in [0.25, 0.3) is 0 Å². The smallest absolute Gasteiger partial charge is 0.303 e. The van der Waals surface area contributed by atoms with E-state index in [0.29, 0.717) is 18.7 Å². The summed E-state index contributed by atoms with van der Waals surface area (Å²) < 4.78 is 4.25. The summed E-state index contributed by atoms with van der Waals surface area (Å²) in [5.74, 6) is 0. The Morgan fingerprint density at radius 2 is 2.56 bits per heavy atom. The predicted molar refractivity (Wildman–Crippen MR) is 29.9 cm³/mol. The molecule has 0 aliphatic carbocycles. The molecule has 0 amide bonds. The second-order valence-corrected chi connectivity index (χ2v) is 1.60. The van der Waals surface area contributed by atoms with Crippen LogP contribution in [0.1, 0.15) is 5.69 Å². The summed E-state index contributed by atoms with van der Waals surface area (Å²) in [6.07, 6.45) is 0.464. The van der Waals surface area contributed by atoms with E-state index < -0.39 is 0 Å². The maximum atomic E-state index is 10.5. The second-order valence-electron chi connectivity index (χ2n) is 1.60. The fourth-order valence-corrected chi connectivity index (χ4v) is 0.516. The maximum Gasteiger partial charge on any atom is 0.303 e. The molecule has 0 aliphatic rings. The van der Waals surface area contributed by atoms with Crippen molar-refractivity contribution in [1.82, 2.24) is 10.3 Å². The molecule has 0 saturated carbocycles. The molecule has 1 aromatic heterocycles. The van der Waals surface area contributed by atoms with Crippen LogP contribution in [0.2, 0.25) is 0 Å². The van der Waals surface area contributed by atoms with Gasteiger partial charge in [-0.3, -0.25) is 9.42 Å². The number of hydrogen-bond acceptors (Lipinski definition) is 4. The number of rotatable bonds is 2. The molecule has 9 heavy (non-hydrogen) atoms. The molecule has 50 valence electrons. The molecule has 0 aromatic carbocycles. The average molecular weight is 129 g/mol. The van der Waals surface area contributed by atoms with Crippen molar-refractivity contribution in [3.63, 3.8) is 0 Å². The highest BCUT2D eigenvalue weighted by Gasteiger charge is 2.00. The highest BCUT2D eigenvalue weighted by atomic mass is 16.6. The lowest BCUT2D eigenvalue weighted by atomic mass is 10.3. The Kier molecular flexibility index (Phi) is 1.64. The lowest BCUT2D eigenvalue weighted by Crippen LogP contribution is -2.12. The Hall–Kier alpha value is -1.10. The Bertz CT molecular complexity index is 226. The average Bonchev–Trinajstić information content (AvgIpc) is 2.18. The summed E-state index contributed by atoms with van der Waals surface area (Å²) in [7, 11) is 0. The summed E-state index contributed by atoms with van der Waals surface area (Å²) in [6, 6.07) is 0. The van der Waals surface area contributed by atoms with Crippen molar-refractivity contribution in [2.24, 2.45) is 5.73 Å². The summed E-state index contributed by atoms with van der Waals surface area (Å²) in [5, 5.41) is 5.44. The van der Waals surface area contributed by atoms with Gasteiger partial charge in [0, 0.05) is 6.42 Å². The maximum absolute atomic E-state index is 10.5. The topological polar surface area (TPSA) is 84.9 Å². The minimum absolute atomic E-state index is 0.291. The van der Waals surface area contributed by atoms with Crippen molar-refractivity contribution in [2.45, 2.75) is 6.42 Å². The molecule has 1 heterocycles. The van der Waals surface area contributed by atoms with Gasteiger partial charge < -0.3 is 5.73 Å². The van der Waals surface area contributed by atoms with Crippen molar-refractivity contribution < 1.29 is 4.63 Å². The van der Waals surface area contributed by atoms with E-state index in [2.05, 4.69) is 14.9 Å². The molecule has 0 bridgehead atoms. The van der Waals surface area contributed by atoms with Gasteiger partial charge in [0.05, 0.1) is 0 Å². The Morgan fingerprint density at radius 1 is 1.78 bits per heavy atom. The molecule has 1 rings (SSSR count). The predicted octanol–water partition coefficient (Wildman–Crippen LogP) is -1.14. The van der Waals surface area contributed by atoms with Crippen LogP contribution in [0, 0.1) is 0 Å². The number of hydrogen-bond donors (Lipinski definition) is 2. The molecule has 0 radical (unpaired) electrons. The van der Waals surface area contributed by atoms with Gasteiger partial charge in [0.25, 0.3) is 0 Å². The van der Waals surface area contributed by atoms with Gasteiger partial charge in [0.2, 0.25) is 0 Å². The minimum atomic E-state index is -0.291. The Morgan fingerprint density at radius 3 is 3.00 bits per heavy atom. The van der Waals surface area contributed by atoms with E-state index >= 15 is 0 Å². The molecule has 3 N–H and O–H groups in total. The van der Waals surface area contributed by atoms with Crippen molar-refractivity contribution >= 4 is 0 Å². The molecule has 1 aromatic rings. The summed E-state index contributed by atoms with van der Waals surface area (Å²) >= 11 is 0. The largest absolute Gasteiger partial charge is 0.330 e. The summed E-state index contributed by atoms with van der Waals surface area (Å²) in [4.78, 5) is 10.5. The third-order valence-electron chi connectivity index (χ3n) is 0.937. The zero-order chi connectivity index (χ0) is 6.69. The van der Waals surface area contributed by atoms with Gasteiger partial charge in [-0.25, -0.2) is 0 Å². The second kappa shape index (κ2) is 2.45. The van der Waals surface area contributed by atoms with Crippen LogP contribution in [0.3, 0.4) is 0 Å². The molecular weight excluding hydrogens is 122 g/mol. The normalized spacial score (nSPS) is 9.89. The van der Waals surface area contributed by atoms with Crippen molar-refractivity contribution in [3.05, 3.63) is 16.0 Å². The third-order valence-corrected chi connectivity index (χ3v) is 0.937. The molecule has 0 unspecified atom stereocenters. The number of aromatic nitrogens is 2. The van der Waals surface area contributed by atoms with Gasteiger partial charge >= 0.3 is 5.56 Å². The van der Waals surface area contributed by atoms with Crippen LogP contribution >= 0.6 is 0 Å². The Balaban J connectivity index is 2.81. The third kappa shape index (κ3) is 1.17. The van der Waals surface area contributed by atoms with E-state index in [-0.39, 0.29) is 5.56 Å². The molecule has 0 spiro atoms. The fraction of sp³-hybridized carbons (Fsp3) is 0.500. The van der Waals surface area contributed by atoms with Crippen LogP contribution in [0.5, 0.6) is 0 Å². The number of nitrogens with one attached hydrogen (secondary N) is 1. The zero-order valence-electron chi connectivity index (χ0n) is 4.76. The van der Waals surface area contributed by atoms with E-state index in [9.17, 15) is 4.79 Å². The minimum Gasteiger partial charge on any atom is -0.330 e. The van der Waals surface area contributed by atoms with E-state index in [1.54, 1.807) is 0 Å². The molecule has 5 heteroatoms. The first-order valence-corrected chi connectivity index (χ1v) is 2.58. The van der Waals surface area contributed by atoms with Gasteiger partial charge in [-0.1, -0.05) is 5.16 Å². The van der Waals surface area contributed by atoms with Gasteiger partial charge in [0.15, 0.2) is 5.69 Å². The van der Waals surface area contributed by atoms with Crippen molar-refractivity contribution in [2.75, 3.05) is 6.54 Å². The summed E-state index contributed by atoms with van der Waals surface area (Å²) in [5.41, 5.74) is 5.22. The van der Waals surface area contributed by atoms with Crippen LogP contribution in [-0.4, -0.2) is 16.9 Å². The van der Waals surface area contributed by atoms with Gasteiger partial charge in [-0.2, -0.15) is 5.16 Å². The first kappa shape index (κ1) is 6.03. The van der Waals surface area contributed by atoms with E-state index in [1.807, 2.05) is 0 Å². The standard InChI is InChI=1S/C4H7N3O2/c5-2-1-3-4(8)7-9-6-3/h1-2,5H2,(H,7,8). The zero-order valence-corrected chi connectivity index (χ0v) is 4.76. The number of nitrogens with zero attached hydrogens (tertiary/aromatic N) is 1. The van der Waals surface area contributed by atoms with Crippen molar-refractivity contribution in [3.8, 4) is 0 Å². The molecule has 5 nitrogen and oxygen atoms in total. The number of nitrogens with two attached hydrogens (primary N) is 1. The first-order valence-electron chi connectivity index (χ1n) is 2.58. The monoisotopic (exact) mass is 129 g/mol. The molecule has 0 fully saturated rings. The lowest BCUT2D eigenvalue weighted by molar-refractivity contribution is 0.300. The van der Waals surface area contributed by atoms with Gasteiger partial charge in [-0.05, 0) is 6.54 Å². The van der Waals surface area contributed by atoms with E-state index in [0.717, 1.165) is 0 Å². The van der Waals surface area contributed by atoms with E-state index in [4.69, 9.17) is 5.73 Å². The van der Waals surface area contributed by atoms with Crippen LogP contribution in [0.4, 0.5) is 0 Å².